The van der Waals surface area contributed by atoms with Crippen molar-refractivity contribution >= 4 is 6.21 Å². The Hall–Kier alpha value is -1.05. The SMILES string of the molecule is [C]1=CN=CC=CO1. The van der Waals surface area contributed by atoms with E-state index in [-0.39, 0.29) is 0 Å². The third-order valence-corrected chi connectivity index (χ3v) is 0.514. The van der Waals surface area contributed by atoms with Gasteiger partial charge in [-0.25, -0.2) is 0 Å². The molecule has 0 aliphatic carbocycles. The van der Waals surface area contributed by atoms with Gasteiger partial charge in [-0.2, -0.15) is 0 Å². The van der Waals surface area contributed by atoms with Crippen molar-refractivity contribution < 1.29 is 4.74 Å². The predicted molar refractivity (Wildman–Crippen MR) is 26.5 cm³/mol. The molecule has 0 bridgehead atoms. The second-order valence-electron chi connectivity index (χ2n) is 0.991. The lowest BCUT2D eigenvalue weighted by atomic mass is 10.7. The largest absolute Gasteiger partial charge is 0.459 e. The lowest BCUT2D eigenvalue weighted by Crippen LogP contribution is -1.59. The number of allylic oxidation sites excluding steroid dienone is 1. The summed E-state index contributed by atoms with van der Waals surface area (Å²) in [5.74, 6) is 0. The van der Waals surface area contributed by atoms with E-state index in [1.165, 1.54) is 12.5 Å². The average Bonchev–Trinajstić information content (AvgIpc) is 1.90. The van der Waals surface area contributed by atoms with Gasteiger partial charge >= 0.3 is 0 Å². The number of nitrogens with zero attached hydrogens (tertiary/aromatic N) is 1. The van der Waals surface area contributed by atoms with Crippen LogP contribution in [0.1, 0.15) is 0 Å². The van der Waals surface area contributed by atoms with Gasteiger partial charge in [-0.1, -0.05) is 0 Å². The monoisotopic (exact) mass is 94.0 g/mol. The molecule has 0 saturated carbocycles. The summed E-state index contributed by atoms with van der Waals surface area (Å²) in [5, 5.41) is 0. The van der Waals surface area contributed by atoms with Crippen molar-refractivity contribution in [2.45, 2.75) is 0 Å². The summed E-state index contributed by atoms with van der Waals surface area (Å²) in [7, 11) is 0. The standard InChI is InChI=1S/C5H4NO/c1-2-6-3-5-7-4-1/h1-4H. The van der Waals surface area contributed by atoms with Crippen LogP contribution in [0.2, 0.25) is 0 Å². The first-order valence-corrected chi connectivity index (χ1v) is 1.91. The Morgan fingerprint density at radius 2 is 2.57 bits per heavy atom. The Morgan fingerprint density at radius 3 is 3.57 bits per heavy atom. The second-order valence-corrected chi connectivity index (χ2v) is 0.991. The van der Waals surface area contributed by atoms with Gasteiger partial charge in [0.15, 0.2) is 6.26 Å². The minimum absolute atomic E-state index is 1.46. The fourth-order valence-electron chi connectivity index (χ4n) is 0.267. The fourth-order valence-corrected chi connectivity index (χ4v) is 0.267. The number of ether oxygens (including phenoxy) is 1. The smallest absolute Gasteiger partial charge is 0.188 e. The lowest BCUT2D eigenvalue weighted by Gasteiger charge is -1.76. The summed E-state index contributed by atoms with van der Waals surface area (Å²) in [6.07, 6.45) is 8.72. The summed E-state index contributed by atoms with van der Waals surface area (Å²) >= 11 is 0. The Bertz CT molecular complexity index is 110. The van der Waals surface area contributed by atoms with Gasteiger partial charge in [0, 0.05) is 6.21 Å². The van der Waals surface area contributed by atoms with Crippen LogP contribution in [0, 0.1) is 6.26 Å². The van der Waals surface area contributed by atoms with Crippen LogP contribution < -0.4 is 0 Å². The lowest BCUT2D eigenvalue weighted by molar-refractivity contribution is 0.376. The molecule has 0 amide bonds. The van der Waals surface area contributed by atoms with Crippen molar-refractivity contribution in [3.05, 3.63) is 24.8 Å². The zero-order valence-electron chi connectivity index (χ0n) is 3.66. The van der Waals surface area contributed by atoms with Crippen LogP contribution in [0.15, 0.2) is 23.5 Å². The molecule has 35 valence electrons. The molecule has 2 heteroatoms. The Labute approximate surface area is 41.8 Å². The van der Waals surface area contributed by atoms with Crippen molar-refractivity contribution in [1.29, 1.82) is 0 Å². The molecule has 0 aromatic rings. The first-order chi connectivity index (χ1) is 3.50. The highest BCUT2D eigenvalue weighted by Crippen LogP contribution is 1.82. The molecule has 0 N–H and O–H groups in total. The van der Waals surface area contributed by atoms with E-state index in [4.69, 9.17) is 0 Å². The van der Waals surface area contributed by atoms with Crippen molar-refractivity contribution in [2.75, 3.05) is 0 Å². The summed E-state index contributed by atoms with van der Waals surface area (Å²) in [6.45, 7) is 0. The first-order valence-electron chi connectivity index (χ1n) is 1.91. The van der Waals surface area contributed by atoms with Crippen LogP contribution in [0.5, 0.6) is 0 Å². The summed E-state index contributed by atoms with van der Waals surface area (Å²) in [5.41, 5.74) is 0. The van der Waals surface area contributed by atoms with E-state index in [1.54, 1.807) is 12.3 Å². The number of hydrogen-bond donors (Lipinski definition) is 0. The van der Waals surface area contributed by atoms with E-state index in [2.05, 4.69) is 16.0 Å². The molecule has 0 unspecified atom stereocenters. The quantitative estimate of drug-likeness (QED) is 0.436. The van der Waals surface area contributed by atoms with Crippen LogP contribution in [0.3, 0.4) is 0 Å². The van der Waals surface area contributed by atoms with Crippen LogP contribution in [-0.4, -0.2) is 6.21 Å². The molecule has 1 aliphatic heterocycles. The summed E-state index contributed by atoms with van der Waals surface area (Å²) < 4.78 is 4.58. The molecule has 0 aromatic carbocycles. The van der Waals surface area contributed by atoms with Crippen molar-refractivity contribution in [2.24, 2.45) is 4.99 Å². The normalized spacial score (nSPS) is 16.0. The molecule has 1 rings (SSSR count). The van der Waals surface area contributed by atoms with E-state index < -0.39 is 0 Å². The molecule has 1 aliphatic rings. The van der Waals surface area contributed by atoms with Gasteiger partial charge in [0.05, 0.1) is 12.5 Å². The zero-order valence-corrected chi connectivity index (χ0v) is 3.66. The molecule has 0 aromatic heterocycles. The van der Waals surface area contributed by atoms with Crippen LogP contribution in [-0.2, 0) is 4.74 Å². The molecule has 1 heterocycles. The Morgan fingerprint density at radius 1 is 1.57 bits per heavy atom. The van der Waals surface area contributed by atoms with Crippen LogP contribution in [0.4, 0.5) is 0 Å². The highest BCUT2D eigenvalue weighted by atomic mass is 16.5. The summed E-state index contributed by atoms with van der Waals surface area (Å²) in [6, 6.07) is 0. The fraction of sp³-hybridized carbons (Fsp3) is 0. The summed E-state index contributed by atoms with van der Waals surface area (Å²) in [4.78, 5) is 3.70. The van der Waals surface area contributed by atoms with Gasteiger partial charge in [-0.15, -0.1) is 0 Å². The van der Waals surface area contributed by atoms with Crippen molar-refractivity contribution in [3.63, 3.8) is 0 Å². The van der Waals surface area contributed by atoms with Crippen molar-refractivity contribution in [1.82, 2.24) is 0 Å². The topological polar surface area (TPSA) is 21.6 Å². The van der Waals surface area contributed by atoms with E-state index >= 15 is 0 Å². The third-order valence-electron chi connectivity index (χ3n) is 0.514. The number of aliphatic imine (C=N–C) groups is 1. The minimum Gasteiger partial charge on any atom is -0.459 e. The van der Waals surface area contributed by atoms with Gasteiger partial charge in [-0.3, -0.25) is 4.99 Å². The molecular formula is C5H4NO. The highest BCUT2D eigenvalue weighted by molar-refractivity contribution is 5.71. The highest BCUT2D eigenvalue weighted by Gasteiger charge is 1.71. The average molecular weight is 94.1 g/mol. The third kappa shape index (κ3) is 1.22. The van der Waals surface area contributed by atoms with Crippen LogP contribution >= 0.6 is 0 Å². The van der Waals surface area contributed by atoms with Gasteiger partial charge in [0.25, 0.3) is 0 Å². The molecule has 7 heavy (non-hydrogen) atoms. The second kappa shape index (κ2) is 2.18. The predicted octanol–water partition coefficient (Wildman–Crippen LogP) is 0.875. The number of rotatable bonds is 0. The Balaban J connectivity index is 2.60. The molecule has 0 spiro atoms. The van der Waals surface area contributed by atoms with Gasteiger partial charge in [-0.05, 0) is 6.08 Å². The van der Waals surface area contributed by atoms with E-state index in [0.717, 1.165) is 0 Å². The maximum Gasteiger partial charge on any atom is 0.188 e. The van der Waals surface area contributed by atoms with E-state index in [1.807, 2.05) is 0 Å². The molecule has 0 saturated heterocycles. The van der Waals surface area contributed by atoms with Gasteiger partial charge in [0.2, 0.25) is 0 Å². The van der Waals surface area contributed by atoms with E-state index in [9.17, 15) is 0 Å². The van der Waals surface area contributed by atoms with Gasteiger partial charge in [0.1, 0.15) is 0 Å². The first kappa shape index (κ1) is 4.12. The minimum atomic E-state index is 1.46. The van der Waals surface area contributed by atoms with Gasteiger partial charge < -0.3 is 4.74 Å². The Kier molecular flexibility index (Phi) is 1.28. The molecule has 1 radical (unpaired) electrons. The van der Waals surface area contributed by atoms with E-state index in [0.29, 0.717) is 0 Å². The molecular weight excluding hydrogens is 90.1 g/mol. The molecule has 0 fully saturated rings. The number of hydrogen-bond acceptors (Lipinski definition) is 2. The molecule has 0 atom stereocenters. The maximum atomic E-state index is 4.58. The zero-order chi connectivity index (χ0) is 4.95. The van der Waals surface area contributed by atoms with Crippen molar-refractivity contribution in [3.8, 4) is 0 Å². The van der Waals surface area contributed by atoms with Crippen LogP contribution in [0.25, 0.3) is 0 Å². The maximum absolute atomic E-state index is 4.58. The molecule has 2 nitrogen and oxygen atoms in total.